The SMILES string of the molecule is CN=C(NCCCOCC1CCOC1)NCc1c(C)nn(-c2ccccc2)c1C. The Balaban J connectivity index is 1.42. The molecule has 1 aliphatic heterocycles. The molecule has 1 aromatic carbocycles. The minimum absolute atomic E-state index is 0.570. The van der Waals surface area contributed by atoms with Crippen molar-refractivity contribution >= 4 is 5.96 Å². The molecular weight excluding hydrogens is 366 g/mol. The second-order valence-corrected chi connectivity index (χ2v) is 7.41. The number of aliphatic imine (C=N–C) groups is 1. The van der Waals surface area contributed by atoms with Crippen molar-refractivity contribution in [1.29, 1.82) is 0 Å². The van der Waals surface area contributed by atoms with E-state index in [4.69, 9.17) is 14.6 Å². The van der Waals surface area contributed by atoms with E-state index in [9.17, 15) is 0 Å². The molecule has 7 nitrogen and oxygen atoms in total. The van der Waals surface area contributed by atoms with Crippen LogP contribution in [0.4, 0.5) is 0 Å². The molecule has 1 aromatic heterocycles. The minimum Gasteiger partial charge on any atom is -0.381 e. The summed E-state index contributed by atoms with van der Waals surface area (Å²) in [6, 6.07) is 10.2. The topological polar surface area (TPSA) is 72.7 Å². The van der Waals surface area contributed by atoms with Crippen molar-refractivity contribution in [2.75, 3.05) is 40.0 Å². The molecular formula is C22H33N5O2. The van der Waals surface area contributed by atoms with E-state index in [1.807, 2.05) is 29.8 Å². The fraction of sp³-hybridized carbons (Fsp3) is 0.545. The second-order valence-electron chi connectivity index (χ2n) is 7.41. The fourth-order valence-electron chi connectivity index (χ4n) is 3.49. The number of guanidine groups is 1. The van der Waals surface area contributed by atoms with Crippen LogP contribution in [0.15, 0.2) is 35.3 Å². The van der Waals surface area contributed by atoms with Gasteiger partial charge >= 0.3 is 0 Å². The molecule has 1 atom stereocenters. The van der Waals surface area contributed by atoms with Gasteiger partial charge in [0, 0.05) is 50.5 Å². The van der Waals surface area contributed by atoms with Crippen LogP contribution in [-0.2, 0) is 16.0 Å². The zero-order chi connectivity index (χ0) is 20.5. The lowest BCUT2D eigenvalue weighted by Gasteiger charge is -2.13. The molecule has 0 radical (unpaired) electrons. The van der Waals surface area contributed by atoms with Gasteiger partial charge in [-0.2, -0.15) is 5.10 Å². The first kappa shape index (κ1) is 21.3. The van der Waals surface area contributed by atoms with Crippen LogP contribution in [0.25, 0.3) is 5.69 Å². The average Bonchev–Trinajstić information content (AvgIpc) is 3.36. The molecule has 0 spiro atoms. The van der Waals surface area contributed by atoms with Crippen LogP contribution in [0.5, 0.6) is 0 Å². The van der Waals surface area contributed by atoms with Gasteiger partial charge in [0.25, 0.3) is 0 Å². The normalized spacial score (nSPS) is 16.9. The van der Waals surface area contributed by atoms with Crippen LogP contribution < -0.4 is 10.6 Å². The molecule has 0 aliphatic carbocycles. The summed E-state index contributed by atoms with van der Waals surface area (Å²) in [6.07, 6.45) is 2.06. The summed E-state index contributed by atoms with van der Waals surface area (Å²) < 4.78 is 13.1. The van der Waals surface area contributed by atoms with Gasteiger partial charge in [-0.3, -0.25) is 4.99 Å². The Morgan fingerprint density at radius 3 is 2.83 bits per heavy atom. The number of ether oxygens (including phenoxy) is 2. The highest BCUT2D eigenvalue weighted by Gasteiger charge is 2.15. The van der Waals surface area contributed by atoms with Crippen molar-refractivity contribution in [3.63, 3.8) is 0 Å². The molecule has 3 rings (SSSR count). The van der Waals surface area contributed by atoms with Crippen molar-refractivity contribution in [1.82, 2.24) is 20.4 Å². The molecule has 0 saturated carbocycles. The monoisotopic (exact) mass is 399 g/mol. The summed E-state index contributed by atoms with van der Waals surface area (Å²) in [7, 11) is 1.79. The Labute approximate surface area is 173 Å². The second kappa shape index (κ2) is 11.0. The quantitative estimate of drug-likeness (QED) is 0.385. The standard InChI is InChI=1S/C22H33N5O2/c1-17-21(18(2)27(26-17)20-8-5-4-6-9-20)14-25-22(23-3)24-11-7-12-28-15-19-10-13-29-16-19/h4-6,8-9,19H,7,10-16H2,1-3H3,(H2,23,24,25). The third-order valence-electron chi connectivity index (χ3n) is 5.23. The van der Waals surface area contributed by atoms with Crippen LogP contribution in [-0.4, -0.2) is 55.8 Å². The smallest absolute Gasteiger partial charge is 0.191 e. The first-order valence-electron chi connectivity index (χ1n) is 10.4. The number of nitrogens with zero attached hydrogens (tertiary/aromatic N) is 3. The van der Waals surface area contributed by atoms with Crippen LogP contribution in [0.1, 0.15) is 29.8 Å². The number of aryl methyl sites for hydroxylation is 1. The predicted octanol–water partition coefficient (Wildman–Crippen LogP) is 2.60. The number of aromatic nitrogens is 2. The molecule has 29 heavy (non-hydrogen) atoms. The Kier molecular flexibility index (Phi) is 8.07. The van der Waals surface area contributed by atoms with Crippen LogP contribution >= 0.6 is 0 Å². The summed E-state index contributed by atoms with van der Waals surface area (Å²) in [5.41, 5.74) is 4.43. The maximum absolute atomic E-state index is 5.75. The lowest BCUT2D eigenvalue weighted by molar-refractivity contribution is 0.0888. The van der Waals surface area contributed by atoms with Crippen molar-refractivity contribution in [2.24, 2.45) is 10.9 Å². The number of hydrogen-bond donors (Lipinski definition) is 2. The molecule has 2 heterocycles. The van der Waals surface area contributed by atoms with Crippen molar-refractivity contribution in [3.05, 3.63) is 47.3 Å². The molecule has 7 heteroatoms. The summed E-state index contributed by atoms with van der Waals surface area (Å²) >= 11 is 0. The van der Waals surface area contributed by atoms with Crippen LogP contribution in [0.3, 0.4) is 0 Å². The van der Waals surface area contributed by atoms with E-state index in [-0.39, 0.29) is 0 Å². The summed E-state index contributed by atoms with van der Waals surface area (Å²) in [6.45, 7) is 8.93. The molecule has 1 saturated heterocycles. The first-order chi connectivity index (χ1) is 14.2. The molecule has 2 N–H and O–H groups in total. The number of benzene rings is 1. The number of hydrogen-bond acceptors (Lipinski definition) is 4. The molecule has 0 amide bonds. The zero-order valence-corrected chi connectivity index (χ0v) is 17.8. The highest BCUT2D eigenvalue weighted by molar-refractivity contribution is 5.79. The van der Waals surface area contributed by atoms with E-state index in [0.29, 0.717) is 12.5 Å². The largest absolute Gasteiger partial charge is 0.381 e. The van der Waals surface area contributed by atoms with Crippen molar-refractivity contribution < 1.29 is 9.47 Å². The van der Waals surface area contributed by atoms with Gasteiger partial charge < -0.3 is 20.1 Å². The molecule has 0 bridgehead atoms. The Morgan fingerprint density at radius 2 is 2.10 bits per heavy atom. The third-order valence-corrected chi connectivity index (χ3v) is 5.23. The lowest BCUT2D eigenvalue weighted by atomic mass is 10.1. The Morgan fingerprint density at radius 1 is 1.28 bits per heavy atom. The predicted molar refractivity (Wildman–Crippen MR) is 116 cm³/mol. The highest BCUT2D eigenvalue weighted by Crippen LogP contribution is 2.17. The summed E-state index contributed by atoms with van der Waals surface area (Å²) in [4.78, 5) is 4.32. The van der Waals surface area contributed by atoms with Gasteiger partial charge in [-0.15, -0.1) is 0 Å². The fourth-order valence-corrected chi connectivity index (χ4v) is 3.49. The average molecular weight is 400 g/mol. The molecule has 158 valence electrons. The van der Waals surface area contributed by atoms with Gasteiger partial charge in [0.1, 0.15) is 0 Å². The molecule has 1 aliphatic rings. The van der Waals surface area contributed by atoms with Gasteiger partial charge in [-0.05, 0) is 38.8 Å². The van der Waals surface area contributed by atoms with Crippen LogP contribution in [0, 0.1) is 19.8 Å². The number of rotatable bonds is 9. The molecule has 1 unspecified atom stereocenters. The van der Waals surface area contributed by atoms with Gasteiger partial charge in [-0.25, -0.2) is 4.68 Å². The third kappa shape index (κ3) is 6.05. The van der Waals surface area contributed by atoms with E-state index in [1.54, 1.807) is 7.05 Å². The molecule has 1 fully saturated rings. The maximum atomic E-state index is 5.75. The first-order valence-corrected chi connectivity index (χ1v) is 10.4. The zero-order valence-electron chi connectivity index (χ0n) is 17.8. The van der Waals surface area contributed by atoms with Crippen molar-refractivity contribution in [3.8, 4) is 5.69 Å². The Hall–Kier alpha value is -2.38. The van der Waals surface area contributed by atoms with E-state index in [0.717, 1.165) is 68.8 Å². The van der Waals surface area contributed by atoms with Crippen LogP contribution in [0.2, 0.25) is 0 Å². The van der Waals surface area contributed by atoms with E-state index in [2.05, 4.69) is 34.7 Å². The molecule has 2 aromatic rings. The van der Waals surface area contributed by atoms with Crippen molar-refractivity contribution in [2.45, 2.75) is 33.2 Å². The van der Waals surface area contributed by atoms with Gasteiger partial charge in [0.15, 0.2) is 5.96 Å². The number of para-hydroxylation sites is 1. The maximum Gasteiger partial charge on any atom is 0.191 e. The van der Waals surface area contributed by atoms with Gasteiger partial charge in [0.05, 0.1) is 24.6 Å². The lowest BCUT2D eigenvalue weighted by Crippen LogP contribution is -2.37. The summed E-state index contributed by atoms with van der Waals surface area (Å²) in [5.74, 6) is 1.36. The highest BCUT2D eigenvalue weighted by atomic mass is 16.5. The van der Waals surface area contributed by atoms with Gasteiger partial charge in [0.2, 0.25) is 0 Å². The number of nitrogens with one attached hydrogen (secondary N) is 2. The minimum atomic E-state index is 0.570. The van der Waals surface area contributed by atoms with E-state index < -0.39 is 0 Å². The van der Waals surface area contributed by atoms with E-state index >= 15 is 0 Å². The van der Waals surface area contributed by atoms with Gasteiger partial charge in [-0.1, -0.05) is 18.2 Å². The summed E-state index contributed by atoms with van der Waals surface area (Å²) in [5, 5.41) is 11.5. The Bertz CT molecular complexity index is 782. The van der Waals surface area contributed by atoms with E-state index in [1.165, 1.54) is 5.56 Å².